The van der Waals surface area contributed by atoms with Crippen LogP contribution in [0.4, 0.5) is 5.69 Å². The van der Waals surface area contributed by atoms with Crippen LogP contribution >= 0.6 is 0 Å². The Hall–Kier alpha value is -2.10. The van der Waals surface area contributed by atoms with Crippen LogP contribution in [0.3, 0.4) is 0 Å². The standard InChI is InChI=1S/C18H23NO3/c1-10-5-6-14(15(7-10)18(21)22)17(20)19-16-9-12(3)11(2)8-13(16)4/h8-10H,5-7H2,1-4H3,(H,19,20)(H,21,22). The summed E-state index contributed by atoms with van der Waals surface area (Å²) in [6.45, 7) is 7.98. The van der Waals surface area contributed by atoms with E-state index in [1.54, 1.807) is 0 Å². The van der Waals surface area contributed by atoms with Gasteiger partial charge in [-0.15, -0.1) is 0 Å². The maximum absolute atomic E-state index is 12.5. The summed E-state index contributed by atoms with van der Waals surface area (Å²) < 4.78 is 0. The Balaban J connectivity index is 2.30. The van der Waals surface area contributed by atoms with Crippen molar-refractivity contribution in [3.8, 4) is 0 Å². The molecule has 0 saturated heterocycles. The van der Waals surface area contributed by atoms with Crippen molar-refractivity contribution in [2.24, 2.45) is 5.92 Å². The van der Waals surface area contributed by atoms with Crippen LogP contribution < -0.4 is 5.32 Å². The van der Waals surface area contributed by atoms with Gasteiger partial charge in [0.05, 0.1) is 0 Å². The number of carbonyl (C=O) groups excluding carboxylic acids is 1. The fraction of sp³-hybridized carbons (Fsp3) is 0.444. The Labute approximate surface area is 131 Å². The van der Waals surface area contributed by atoms with Gasteiger partial charge in [0, 0.05) is 16.8 Å². The number of carboxylic acids is 1. The first-order chi connectivity index (χ1) is 10.3. The van der Waals surface area contributed by atoms with Gasteiger partial charge in [-0.1, -0.05) is 13.0 Å². The number of aliphatic carboxylic acids is 1. The van der Waals surface area contributed by atoms with Gasteiger partial charge in [0.1, 0.15) is 0 Å². The van der Waals surface area contributed by atoms with E-state index in [1.165, 1.54) is 5.56 Å². The second-order valence-electron chi connectivity index (χ2n) is 6.32. The van der Waals surface area contributed by atoms with E-state index in [1.807, 2.05) is 39.8 Å². The summed E-state index contributed by atoms with van der Waals surface area (Å²) in [5.74, 6) is -0.949. The Morgan fingerprint density at radius 3 is 2.36 bits per heavy atom. The highest BCUT2D eigenvalue weighted by Gasteiger charge is 2.27. The van der Waals surface area contributed by atoms with Gasteiger partial charge < -0.3 is 10.4 Å². The van der Waals surface area contributed by atoms with Crippen molar-refractivity contribution in [2.45, 2.75) is 47.0 Å². The van der Waals surface area contributed by atoms with E-state index < -0.39 is 5.97 Å². The van der Waals surface area contributed by atoms with Crippen molar-refractivity contribution >= 4 is 17.6 Å². The Morgan fingerprint density at radius 1 is 1.09 bits per heavy atom. The molecule has 0 spiro atoms. The lowest BCUT2D eigenvalue weighted by Gasteiger charge is -2.22. The molecule has 1 aromatic carbocycles. The Kier molecular flexibility index (Phi) is 4.69. The molecule has 2 rings (SSSR count). The lowest BCUT2D eigenvalue weighted by molar-refractivity contribution is -0.133. The molecule has 1 atom stereocenters. The van der Waals surface area contributed by atoms with Gasteiger partial charge in [0.15, 0.2) is 0 Å². The van der Waals surface area contributed by atoms with Gasteiger partial charge in [-0.05, 0) is 68.7 Å². The zero-order chi connectivity index (χ0) is 16.4. The van der Waals surface area contributed by atoms with E-state index in [0.29, 0.717) is 24.3 Å². The molecule has 4 nitrogen and oxygen atoms in total. The van der Waals surface area contributed by atoms with Gasteiger partial charge in [-0.25, -0.2) is 4.79 Å². The van der Waals surface area contributed by atoms with Crippen LogP contribution in [-0.4, -0.2) is 17.0 Å². The van der Waals surface area contributed by atoms with E-state index >= 15 is 0 Å². The highest BCUT2D eigenvalue weighted by atomic mass is 16.4. The van der Waals surface area contributed by atoms with Gasteiger partial charge in [0.25, 0.3) is 5.91 Å². The molecule has 1 aliphatic rings. The summed E-state index contributed by atoms with van der Waals surface area (Å²) in [6.07, 6.45) is 1.84. The minimum atomic E-state index is -0.978. The molecule has 1 aliphatic carbocycles. The van der Waals surface area contributed by atoms with Crippen LogP contribution in [0, 0.1) is 26.7 Å². The van der Waals surface area contributed by atoms with Crippen molar-refractivity contribution in [1.29, 1.82) is 0 Å². The summed E-state index contributed by atoms with van der Waals surface area (Å²) in [4.78, 5) is 23.9. The van der Waals surface area contributed by atoms with Crippen LogP contribution in [0.5, 0.6) is 0 Å². The molecule has 0 aromatic heterocycles. The highest BCUT2D eigenvalue weighted by molar-refractivity contribution is 6.09. The van der Waals surface area contributed by atoms with Crippen molar-refractivity contribution in [2.75, 3.05) is 5.32 Å². The van der Waals surface area contributed by atoms with E-state index in [2.05, 4.69) is 5.32 Å². The molecule has 1 aromatic rings. The zero-order valence-corrected chi connectivity index (χ0v) is 13.6. The molecule has 0 saturated carbocycles. The average Bonchev–Trinajstić information content (AvgIpc) is 2.44. The molecule has 4 heteroatoms. The first-order valence-corrected chi connectivity index (χ1v) is 7.64. The van der Waals surface area contributed by atoms with Gasteiger partial charge in [-0.2, -0.15) is 0 Å². The predicted molar refractivity (Wildman–Crippen MR) is 87.0 cm³/mol. The fourth-order valence-corrected chi connectivity index (χ4v) is 2.88. The normalized spacial score (nSPS) is 18.3. The van der Waals surface area contributed by atoms with Crippen LogP contribution in [0.2, 0.25) is 0 Å². The van der Waals surface area contributed by atoms with Crippen LogP contribution in [-0.2, 0) is 9.59 Å². The number of hydrogen-bond donors (Lipinski definition) is 2. The summed E-state index contributed by atoms with van der Waals surface area (Å²) in [7, 11) is 0. The third-order valence-corrected chi connectivity index (χ3v) is 4.43. The molecule has 1 amide bonds. The lowest BCUT2D eigenvalue weighted by Crippen LogP contribution is -2.24. The quantitative estimate of drug-likeness (QED) is 0.893. The third kappa shape index (κ3) is 3.38. The van der Waals surface area contributed by atoms with E-state index in [9.17, 15) is 14.7 Å². The molecule has 22 heavy (non-hydrogen) atoms. The zero-order valence-electron chi connectivity index (χ0n) is 13.6. The number of nitrogens with one attached hydrogen (secondary N) is 1. The molecular weight excluding hydrogens is 278 g/mol. The maximum atomic E-state index is 12.5. The van der Waals surface area contributed by atoms with Crippen LogP contribution in [0.1, 0.15) is 42.9 Å². The number of carboxylic acid groups (broad SMARTS) is 1. The minimum Gasteiger partial charge on any atom is -0.478 e. The largest absolute Gasteiger partial charge is 0.478 e. The van der Waals surface area contributed by atoms with Crippen molar-refractivity contribution < 1.29 is 14.7 Å². The third-order valence-electron chi connectivity index (χ3n) is 4.43. The smallest absolute Gasteiger partial charge is 0.332 e. The Morgan fingerprint density at radius 2 is 1.73 bits per heavy atom. The number of hydrogen-bond acceptors (Lipinski definition) is 2. The number of rotatable bonds is 3. The fourth-order valence-electron chi connectivity index (χ4n) is 2.88. The first-order valence-electron chi connectivity index (χ1n) is 7.64. The minimum absolute atomic E-state index is 0.262. The van der Waals surface area contributed by atoms with Crippen LogP contribution in [0.25, 0.3) is 0 Å². The number of anilines is 1. The average molecular weight is 301 g/mol. The van der Waals surface area contributed by atoms with Crippen molar-refractivity contribution in [3.05, 3.63) is 40.0 Å². The number of amides is 1. The SMILES string of the molecule is Cc1cc(C)c(NC(=O)C2=C(C(=O)O)CC(C)CC2)cc1C. The van der Waals surface area contributed by atoms with Gasteiger partial charge >= 0.3 is 5.97 Å². The topological polar surface area (TPSA) is 66.4 Å². The summed E-state index contributed by atoms with van der Waals surface area (Å²) in [6, 6.07) is 3.97. The summed E-state index contributed by atoms with van der Waals surface area (Å²) >= 11 is 0. The second kappa shape index (κ2) is 6.34. The maximum Gasteiger partial charge on any atom is 0.332 e. The number of benzene rings is 1. The molecule has 1 unspecified atom stereocenters. The highest BCUT2D eigenvalue weighted by Crippen LogP contribution is 2.30. The molecule has 0 radical (unpaired) electrons. The molecule has 118 valence electrons. The molecule has 0 aliphatic heterocycles. The summed E-state index contributed by atoms with van der Waals surface area (Å²) in [5, 5.41) is 12.2. The Bertz CT molecular complexity index is 659. The van der Waals surface area contributed by atoms with E-state index in [-0.39, 0.29) is 11.5 Å². The van der Waals surface area contributed by atoms with Gasteiger partial charge in [0.2, 0.25) is 0 Å². The van der Waals surface area contributed by atoms with E-state index in [0.717, 1.165) is 23.2 Å². The molecule has 2 N–H and O–H groups in total. The molecular formula is C18H23NO3. The first kappa shape index (κ1) is 16.3. The van der Waals surface area contributed by atoms with Crippen molar-refractivity contribution in [1.82, 2.24) is 0 Å². The number of carbonyl (C=O) groups is 2. The van der Waals surface area contributed by atoms with Crippen molar-refractivity contribution in [3.63, 3.8) is 0 Å². The molecule has 0 bridgehead atoms. The number of aryl methyl sites for hydroxylation is 3. The van der Waals surface area contributed by atoms with Crippen LogP contribution in [0.15, 0.2) is 23.3 Å². The monoisotopic (exact) mass is 301 g/mol. The molecule has 0 fully saturated rings. The second-order valence-corrected chi connectivity index (χ2v) is 6.32. The predicted octanol–water partition coefficient (Wildman–Crippen LogP) is 3.75. The van der Waals surface area contributed by atoms with Gasteiger partial charge in [-0.3, -0.25) is 4.79 Å². The lowest BCUT2D eigenvalue weighted by atomic mass is 9.84. The van der Waals surface area contributed by atoms with E-state index in [4.69, 9.17) is 0 Å². The molecule has 0 heterocycles. The summed E-state index contributed by atoms with van der Waals surface area (Å²) in [5.41, 5.74) is 4.70.